The lowest BCUT2D eigenvalue weighted by atomic mass is 10.1. The standard InChI is InChI=1S/C20H19FN2O4/c21-15-8-6-14(7-9-15)19(25)22-12-17(24)27-18(13-4-2-1-3-5-13)20(26)23-16-10-11-16/h1-9,16,18H,10-12H2,(H,22,25)(H,23,26)/t18-/m0/s1. The summed E-state index contributed by atoms with van der Waals surface area (Å²) in [6.07, 6.45) is 0.742. The second-order valence-corrected chi connectivity index (χ2v) is 6.25. The van der Waals surface area contributed by atoms with E-state index < -0.39 is 30.3 Å². The summed E-state index contributed by atoms with van der Waals surface area (Å²) in [4.78, 5) is 36.5. The minimum absolute atomic E-state index is 0.126. The third-order valence-corrected chi connectivity index (χ3v) is 4.01. The molecule has 0 saturated heterocycles. The van der Waals surface area contributed by atoms with Crippen LogP contribution in [0.1, 0.15) is 34.9 Å². The minimum Gasteiger partial charge on any atom is -0.446 e. The molecule has 0 aliphatic heterocycles. The van der Waals surface area contributed by atoms with E-state index in [1.54, 1.807) is 30.3 Å². The lowest BCUT2D eigenvalue weighted by Gasteiger charge is -2.18. The van der Waals surface area contributed by atoms with Crippen LogP contribution in [0.25, 0.3) is 0 Å². The van der Waals surface area contributed by atoms with E-state index in [9.17, 15) is 18.8 Å². The highest BCUT2D eigenvalue weighted by Gasteiger charge is 2.30. The van der Waals surface area contributed by atoms with Gasteiger partial charge in [0.25, 0.3) is 11.8 Å². The topological polar surface area (TPSA) is 84.5 Å². The van der Waals surface area contributed by atoms with Gasteiger partial charge in [0.2, 0.25) is 6.10 Å². The van der Waals surface area contributed by atoms with Crippen LogP contribution in [0, 0.1) is 5.82 Å². The molecule has 1 fully saturated rings. The highest BCUT2D eigenvalue weighted by Crippen LogP contribution is 2.23. The Morgan fingerprint density at radius 3 is 2.33 bits per heavy atom. The van der Waals surface area contributed by atoms with E-state index >= 15 is 0 Å². The van der Waals surface area contributed by atoms with Gasteiger partial charge in [0.05, 0.1) is 0 Å². The number of hydrogen-bond acceptors (Lipinski definition) is 4. The number of benzene rings is 2. The van der Waals surface area contributed by atoms with Crippen LogP contribution in [0.2, 0.25) is 0 Å². The van der Waals surface area contributed by atoms with Crippen molar-refractivity contribution in [2.75, 3.05) is 6.54 Å². The SMILES string of the molecule is O=C(CNC(=O)c1ccc(F)cc1)O[C@H](C(=O)NC1CC1)c1ccccc1. The van der Waals surface area contributed by atoms with Gasteiger partial charge in [-0.05, 0) is 37.1 Å². The number of halogens is 1. The molecule has 1 saturated carbocycles. The monoisotopic (exact) mass is 370 g/mol. The molecule has 0 radical (unpaired) electrons. The van der Waals surface area contributed by atoms with E-state index in [1.165, 1.54) is 12.1 Å². The molecule has 6 nitrogen and oxygen atoms in total. The molecule has 1 atom stereocenters. The number of carbonyl (C=O) groups excluding carboxylic acids is 3. The van der Waals surface area contributed by atoms with Crippen LogP contribution in [0.4, 0.5) is 4.39 Å². The van der Waals surface area contributed by atoms with Gasteiger partial charge in [0.15, 0.2) is 0 Å². The molecule has 2 N–H and O–H groups in total. The predicted molar refractivity (Wildman–Crippen MR) is 95.2 cm³/mol. The van der Waals surface area contributed by atoms with Crippen molar-refractivity contribution >= 4 is 17.8 Å². The first-order valence-corrected chi connectivity index (χ1v) is 8.61. The molecular formula is C20H19FN2O4. The second kappa shape index (κ2) is 8.44. The Balaban J connectivity index is 1.59. The maximum atomic E-state index is 12.9. The first-order chi connectivity index (χ1) is 13.0. The Labute approximate surface area is 155 Å². The molecule has 140 valence electrons. The number of carbonyl (C=O) groups is 3. The number of ether oxygens (including phenoxy) is 1. The van der Waals surface area contributed by atoms with Crippen molar-refractivity contribution in [2.45, 2.75) is 25.0 Å². The fraction of sp³-hybridized carbons (Fsp3) is 0.250. The summed E-state index contributed by atoms with van der Waals surface area (Å²) in [6, 6.07) is 13.7. The smallest absolute Gasteiger partial charge is 0.326 e. The van der Waals surface area contributed by atoms with Crippen LogP contribution in [-0.2, 0) is 14.3 Å². The van der Waals surface area contributed by atoms with E-state index in [0.717, 1.165) is 25.0 Å². The summed E-state index contributed by atoms with van der Waals surface area (Å²) >= 11 is 0. The summed E-state index contributed by atoms with van der Waals surface area (Å²) in [5, 5.41) is 5.21. The van der Waals surface area contributed by atoms with E-state index in [-0.39, 0.29) is 17.5 Å². The molecular weight excluding hydrogens is 351 g/mol. The van der Waals surface area contributed by atoms with Crippen LogP contribution in [0.5, 0.6) is 0 Å². The summed E-state index contributed by atoms with van der Waals surface area (Å²) in [6.45, 7) is -0.406. The zero-order valence-corrected chi connectivity index (χ0v) is 14.5. The Kier molecular flexibility index (Phi) is 5.80. The largest absolute Gasteiger partial charge is 0.446 e. The van der Waals surface area contributed by atoms with Crippen molar-refractivity contribution in [2.24, 2.45) is 0 Å². The number of nitrogens with one attached hydrogen (secondary N) is 2. The lowest BCUT2D eigenvalue weighted by Crippen LogP contribution is -2.36. The third-order valence-electron chi connectivity index (χ3n) is 4.01. The Morgan fingerprint density at radius 2 is 1.70 bits per heavy atom. The van der Waals surface area contributed by atoms with Crippen LogP contribution < -0.4 is 10.6 Å². The average Bonchev–Trinajstić information content (AvgIpc) is 3.49. The van der Waals surface area contributed by atoms with Gasteiger partial charge >= 0.3 is 5.97 Å². The highest BCUT2D eigenvalue weighted by molar-refractivity contribution is 5.96. The van der Waals surface area contributed by atoms with Gasteiger partial charge in [-0.2, -0.15) is 0 Å². The Hall–Kier alpha value is -3.22. The quantitative estimate of drug-likeness (QED) is 0.731. The zero-order valence-electron chi connectivity index (χ0n) is 14.5. The van der Waals surface area contributed by atoms with Crippen molar-refractivity contribution in [1.29, 1.82) is 0 Å². The third kappa shape index (κ3) is 5.37. The van der Waals surface area contributed by atoms with Gasteiger partial charge in [0.1, 0.15) is 12.4 Å². The summed E-state index contributed by atoms with van der Waals surface area (Å²) in [7, 11) is 0. The van der Waals surface area contributed by atoms with Crippen LogP contribution in [0.3, 0.4) is 0 Å². The summed E-state index contributed by atoms with van der Waals surface area (Å²) in [5.41, 5.74) is 0.768. The van der Waals surface area contributed by atoms with Gasteiger partial charge in [-0.25, -0.2) is 4.39 Å². The van der Waals surface area contributed by atoms with Crippen molar-refractivity contribution in [1.82, 2.24) is 10.6 Å². The van der Waals surface area contributed by atoms with Crippen molar-refractivity contribution in [3.05, 3.63) is 71.5 Å². The van der Waals surface area contributed by atoms with E-state index in [1.807, 2.05) is 0 Å². The van der Waals surface area contributed by atoms with Crippen molar-refractivity contribution in [3.8, 4) is 0 Å². The lowest BCUT2D eigenvalue weighted by molar-refractivity contribution is -0.155. The summed E-state index contributed by atoms with van der Waals surface area (Å²) < 4.78 is 18.2. The normalized spacial score (nSPS) is 14.1. The maximum absolute atomic E-state index is 12.9. The van der Waals surface area contributed by atoms with Gasteiger partial charge < -0.3 is 15.4 Å². The number of hydrogen-bond donors (Lipinski definition) is 2. The van der Waals surface area contributed by atoms with E-state index in [0.29, 0.717) is 5.56 Å². The molecule has 7 heteroatoms. The van der Waals surface area contributed by atoms with Crippen LogP contribution in [0.15, 0.2) is 54.6 Å². The summed E-state index contributed by atoms with van der Waals surface area (Å²) in [5.74, 6) is -2.13. The predicted octanol–water partition coefficient (Wildman–Crippen LogP) is 2.12. The Bertz CT molecular complexity index is 820. The first kappa shape index (κ1) is 18.6. The average molecular weight is 370 g/mol. The minimum atomic E-state index is -1.08. The Morgan fingerprint density at radius 1 is 1.04 bits per heavy atom. The highest BCUT2D eigenvalue weighted by atomic mass is 19.1. The molecule has 0 unspecified atom stereocenters. The molecule has 27 heavy (non-hydrogen) atoms. The van der Waals surface area contributed by atoms with E-state index in [2.05, 4.69) is 10.6 Å². The van der Waals surface area contributed by atoms with Crippen LogP contribution in [-0.4, -0.2) is 30.4 Å². The van der Waals surface area contributed by atoms with Crippen LogP contribution >= 0.6 is 0 Å². The van der Waals surface area contributed by atoms with Gasteiger partial charge in [-0.15, -0.1) is 0 Å². The number of rotatable bonds is 7. The van der Waals surface area contributed by atoms with Gasteiger partial charge in [-0.1, -0.05) is 30.3 Å². The van der Waals surface area contributed by atoms with Crippen molar-refractivity contribution in [3.63, 3.8) is 0 Å². The molecule has 2 amide bonds. The molecule has 2 aromatic rings. The maximum Gasteiger partial charge on any atom is 0.326 e. The van der Waals surface area contributed by atoms with Gasteiger partial charge in [-0.3, -0.25) is 14.4 Å². The second-order valence-electron chi connectivity index (χ2n) is 6.25. The first-order valence-electron chi connectivity index (χ1n) is 8.61. The number of amides is 2. The van der Waals surface area contributed by atoms with E-state index in [4.69, 9.17) is 4.74 Å². The molecule has 0 spiro atoms. The fourth-order valence-corrected chi connectivity index (χ4v) is 2.43. The molecule has 2 aromatic carbocycles. The molecule has 0 heterocycles. The number of esters is 1. The molecule has 0 aromatic heterocycles. The molecule has 1 aliphatic carbocycles. The van der Waals surface area contributed by atoms with Crippen molar-refractivity contribution < 1.29 is 23.5 Å². The molecule has 1 aliphatic rings. The molecule has 0 bridgehead atoms. The zero-order chi connectivity index (χ0) is 19.2. The molecule has 3 rings (SSSR count). The fourth-order valence-electron chi connectivity index (χ4n) is 2.43. The van der Waals surface area contributed by atoms with Gasteiger partial charge in [0, 0.05) is 17.2 Å².